The molecule has 0 saturated carbocycles. The zero-order chi connectivity index (χ0) is 10.1. The van der Waals surface area contributed by atoms with Crippen molar-refractivity contribution >= 4 is 37.7 Å². The van der Waals surface area contributed by atoms with Gasteiger partial charge in [0.1, 0.15) is 5.82 Å². The summed E-state index contributed by atoms with van der Waals surface area (Å²) in [6.45, 7) is 2.08. The van der Waals surface area contributed by atoms with Crippen LogP contribution < -0.4 is 10.2 Å². The van der Waals surface area contributed by atoms with Crippen LogP contribution >= 0.6 is 31.9 Å². The van der Waals surface area contributed by atoms with Gasteiger partial charge in [-0.3, -0.25) is 0 Å². The molecule has 1 fully saturated rings. The minimum Gasteiger partial charge on any atom is -0.353 e. The first-order valence-corrected chi connectivity index (χ1v) is 6.01. The van der Waals surface area contributed by atoms with Crippen LogP contribution in [0.4, 0.5) is 5.82 Å². The lowest BCUT2D eigenvalue weighted by Crippen LogP contribution is -2.56. The van der Waals surface area contributed by atoms with Crippen LogP contribution in [-0.4, -0.2) is 31.2 Å². The molecule has 0 aromatic carbocycles. The second kappa shape index (κ2) is 4.16. The second-order valence-electron chi connectivity index (χ2n) is 3.38. The predicted octanol–water partition coefficient (Wildman–Crippen LogP) is 2.01. The maximum atomic E-state index is 4.39. The van der Waals surface area contributed by atoms with Crippen LogP contribution in [0.15, 0.2) is 21.2 Å². The number of pyridine rings is 1. The van der Waals surface area contributed by atoms with Crippen molar-refractivity contribution in [3.8, 4) is 0 Å². The SMILES string of the molecule is CN(c1ncc(Br)cc1Br)C1CNC1. The van der Waals surface area contributed by atoms with E-state index >= 15 is 0 Å². The van der Waals surface area contributed by atoms with E-state index in [0.717, 1.165) is 27.9 Å². The summed E-state index contributed by atoms with van der Waals surface area (Å²) >= 11 is 6.90. The summed E-state index contributed by atoms with van der Waals surface area (Å²) in [7, 11) is 2.08. The highest BCUT2D eigenvalue weighted by atomic mass is 79.9. The molecule has 2 rings (SSSR count). The van der Waals surface area contributed by atoms with Gasteiger partial charge in [0.2, 0.25) is 0 Å². The predicted molar refractivity (Wildman–Crippen MR) is 64.7 cm³/mol. The molecule has 1 aromatic heterocycles. The van der Waals surface area contributed by atoms with E-state index in [-0.39, 0.29) is 0 Å². The summed E-state index contributed by atoms with van der Waals surface area (Å²) in [6, 6.07) is 2.59. The Kier molecular flexibility index (Phi) is 3.09. The highest BCUT2D eigenvalue weighted by molar-refractivity contribution is 9.11. The molecular formula is C9H11Br2N3. The Morgan fingerprint density at radius 1 is 1.50 bits per heavy atom. The second-order valence-corrected chi connectivity index (χ2v) is 5.15. The number of rotatable bonds is 2. The fourth-order valence-electron chi connectivity index (χ4n) is 1.39. The first kappa shape index (κ1) is 10.4. The summed E-state index contributed by atoms with van der Waals surface area (Å²) in [6.07, 6.45) is 1.82. The summed E-state index contributed by atoms with van der Waals surface area (Å²) in [5.41, 5.74) is 0. The molecule has 14 heavy (non-hydrogen) atoms. The van der Waals surface area contributed by atoms with Gasteiger partial charge in [-0.25, -0.2) is 4.98 Å². The number of halogens is 2. The molecule has 0 radical (unpaired) electrons. The van der Waals surface area contributed by atoms with Gasteiger partial charge in [0.15, 0.2) is 0 Å². The van der Waals surface area contributed by atoms with Crippen molar-refractivity contribution in [1.82, 2.24) is 10.3 Å². The standard InChI is InChI=1S/C9H11Br2N3/c1-14(7-4-12-5-7)9-8(11)2-6(10)3-13-9/h2-3,7,12H,4-5H2,1H3. The molecule has 0 unspecified atom stereocenters. The Morgan fingerprint density at radius 3 is 2.71 bits per heavy atom. The summed E-state index contributed by atoms with van der Waals surface area (Å²) in [4.78, 5) is 6.59. The third kappa shape index (κ3) is 1.94. The largest absolute Gasteiger partial charge is 0.353 e. The van der Waals surface area contributed by atoms with Gasteiger partial charge in [-0.1, -0.05) is 0 Å². The van der Waals surface area contributed by atoms with E-state index in [9.17, 15) is 0 Å². The average Bonchev–Trinajstić information content (AvgIpc) is 2.00. The van der Waals surface area contributed by atoms with Gasteiger partial charge in [-0.05, 0) is 37.9 Å². The van der Waals surface area contributed by atoms with Crippen molar-refractivity contribution in [2.75, 3.05) is 25.0 Å². The number of likely N-dealkylation sites (N-methyl/N-ethyl adjacent to an activating group) is 1. The van der Waals surface area contributed by atoms with Gasteiger partial charge in [0, 0.05) is 30.8 Å². The molecule has 5 heteroatoms. The van der Waals surface area contributed by atoms with Crippen LogP contribution in [0.3, 0.4) is 0 Å². The minimum absolute atomic E-state index is 0.569. The Morgan fingerprint density at radius 2 is 2.21 bits per heavy atom. The van der Waals surface area contributed by atoms with Crippen LogP contribution in [0.5, 0.6) is 0 Å². The first-order valence-electron chi connectivity index (χ1n) is 4.43. The third-order valence-electron chi connectivity index (χ3n) is 2.43. The molecule has 0 bridgehead atoms. The number of nitrogens with one attached hydrogen (secondary N) is 1. The van der Waals surface area contributed by atoms with Gasteiger partial charge >= 0.3 is 0 Å². The van der Waals surface area contributed by atoms with E-state index in [1.807, 2.05) is 12.3 Å². The molecule has 0 aliphatic carbocycles. The van der Waals surface area contributed by atoms with Crippen molar-refractivity contribution in [2.24, 2.45) is 0 Å². The van der Waals surface area contributed by atoms with Crippen LogP contribution in [0, 0.1) is 0 Å². The first-order chi connectivity index (χ1) is 6.68. The van der Waals surface area contributed by atoms with Crippen LogP contribution in [-0.2, 0) is 0 Å². The van der Waals surface area contributed by atoms with Crippen molar-refractivity contribution in [3.05, 3.63) is 21.2 Å². The molecule has 0 spiro atoms. The maximum Gasteiger partial charge on any atom is 0.143 e. The molecule has 76 valence electrons. The third-order valence-corrected chi connectivity index (χ3v) is 3.45. The van der Waals surface area contributed by atoms with Gasteiger partial charge in [-0.15, -0.1) is 0 Å². The monoisotopic (exact) mass is 319 g/mol. The minimum atomic E-state index is 0.569. The molecule has 3 nitrogen and oxygen atoms in total. The lowest BCUT2D eigenvalue weighted by atomic mass is 10.1. The fraction of sp³-hybridized carbons (Fsp3) is 0.444. The average molecular weight is 321 g/mol. The molecule has 1 aliphatic heterocycles. The zero-order valence-corrected chi connectivity index (χ0v) is 11.0. The lowest BCUT2D eigenvalue weighted by molar-refractivity contribution is 0.426. The fourth-order valence-corrected chi connectivity index (χ4v) is 2.65. The van der Waals surface area contributed by atoms with Gasteiger partial charge in [0.05, 0.1) is 10.5 Å². The molecule has 1 saturated heterocycles. The van der Waals surface area contributed by atoms with Gasteiger partial charge < -0.3 is 10.2 Å². The van der Waals surface area contributed by atoms with E-state index in [1.54, 1.807) is 0 Å². The Bertz CT molecular complexity index is 339. The van der Waals surface area contributed by atoms with Crippen molar-refractivity contribution in [2.45, 2.75) is 6.04 Å². The van der Waals surface area contributed by atoms with Crippen LogP contribution in [0.2, 0.25) is 0 Å². The van der Waals surface area contributed by atoms with E-state index in [0.29, 0.717) is 6.04 Å². The summed E-state index contributed by atoms with van der Waals surface area (Å²) in [5, 5.41) is 3.25. The van der Waals surface area contributed by atoms with E-state index < -0.39 is 0 Å². The Labute approximate surface area is 100 Å². The Balaban J connectivity index is 2.22. The smallest absolute Gasteiger partial charge is 0.143 e. The highest BCUT2D eigenvalue weighted by Crippen LogP contribution is 2.27. The van der Waals surface area contributed by atoms with Gasteiger partial charge in [0.25, 0.3) is 0 Å². The highest BCUT2D eigenvalue weighted by Gasteiger charge is 2.23. The lowest BCUT2D eigenvalue weighted by Gasteiger charge is -2.36. The molecule has 1 aliphatic rings. The van der Waals surface area contributed by atoms with Crippen LogP contribution in [0.25, 0.3) is 0 Å². The summed E-state index contributed by atoms with van der Waals surface area (Å²) in [5.74, 6) is 1.000. The normalized spacial score (nSPS) is 16.5. The molecule has 0 amide bonds. The quantitative estimate of drug-likeness (QED) is 0.903. The molecule has 1 N–H and O–H groups in total. The molecular weight excluding hydrogens is 310 g/mol. The number of nitrogens with zero attached hydrogens (tertiary/aromatic N) is 2. The van der Waals surface area contributed by atoms with E-state index in [4.69, 9.17) is 0 Å². The topological polar surface area (TPSA) is 28.2 Å². The van der Waals surface area contributed by atoms with E-state index in [2.05, 4.69) is 54.1 Å². The van der Waals surface area contributed by atoms with Crippen molar-refractivity contribution in [3.63, 3.8) is 0 Å². The summed E-state index contributed by atoms with van der Waals surface area (Å²) < 4.78 is 2.02. The zero-order valence-electron chi connectivity index (χ0n) is 7.80. The molecule has 2 heterocycles. The van der Waals surface area contributed by atoms with Crippen LogP contribution in [0.1, 0.15) is 0 Å². The molecule has 1 aromatic rings. The molecule has 0 atom stereocenters. The van der Waals surface area contributed by atoms with Gasteiger partial charge in [-0.2, -0.15) is 0 Å². The number of hydrogen-bond acceptors (Lipinski definition) is 3. The van der Waals surface area contributed by atoms with Crippen molar-refractivity contribution in [1.29, 1.82) is 0 Å². The number of hydrogen-bond donors (Lipinski definition) is 1. The van der Waals surface area contributed by atoms with Crippen molar-refractivity contribution < 1.29 is 0 Å². The Hall–Kier alpha value is -0.130. The van der Waals surface area contributed by atoms with E-state index in [1.165, 1.54) is 0 Å². The maximum absolute atomic E-state index is 4.39. The number of aromatic nitrogens is 1. The number of anilines is 1.